The molecule has 0 saturated heterocycles. The van der Waals surface area contributed by atoms with Crippen molar-refractivity contribution in [1.29, 1.82) is 5.26 Å². The molecule has 3 aromatic carbocycles. The molecule has 5 rings (SSSR count). The number of nitrogens with zero attached hydrogens (tertiary/aromatic N) is 1. The van der Waals surface area contributed by atoms with Crippen molar-refractivity contribution in [3.63, 3.8) is 0 Å². The van der Waals surface area contributed by atoms with E-state index < -0.39 is 11.9 Å². The first-order valence-electron chi connectivity index (χ1n) is 12.3. The fourth-order valence-corrected chi connectivity index (χ4v) is 5.39. The average molecular weight is 536 g/mol. The molecule has 2 N–H and O–H groups in total. The molecule has 39 heavy (non-hydrogen) atoms. The zero-order valence-electron chi connectivity index (χ0n) is 21.1. The number of allylic oxidation sites excluding steroid dienone is 2. The Bertz CT molecular complexity index is 1610. The molecule has 194 valence electrons. The zero-order valence-corrected chi connectivity index (χ0v) is 22.0. The number of fused-ring (bicyclic) bond motifs is 1. The highest BCUT2D eigenvalue weighted by Crippen LogP contribution is 2.41. The number of hydrogen-bond acceptors (Lipinski definition) is 7. The van der Waals surface area contributed by atoms with E-state index >= 15 is 0 Å². The van der Waals surface area contributed by atoms with E-state index in [1.807, 2.05) is 72.8 Å². The second-order valence-electron chi connectivity index (χ2n) is 8.89. The minimum absolute atomic E-state index is 0.0582. The molecule has 8 heteroatoms. The second-order valence-corrected chi connectivity index (χ2v) is 9.88. The normalized spacial score (nSPS) is 15.0. The number of esters is 1. The minimum atomic E-state index is -0.766. The Balaban J connectivity index is 1.35. The van der Waals surface area contributed by atoms with Crippen molar-refractivity contribution in [3.8, 4) is 6.07 Å². The number of hydrogen-bond donors (Lipinski definition) is 2. The summed E-state index contributed by atoms with van der Waals surface area (Å²) in [5.41, 5.74) is 2.68. The SMILES string of the molecule is CC1=C(C(=O)OCc2ccccc2)C(c2ccco2)C(C#N)=C(SCC(=O)Nc2cccc3ccccc23)N1. The van der Waals surface area contributed by atoms with Crippen LogP contribution in [0.4, 0.5) is 5.69 Å². The monoisotopic (exact) mass is 535 g/mol. The van der Waals surface area contributed by atoms with Crippen LogP contribution in [0.15, 0.2) is 117 Å². The molecule has 1 aromatic heterocycles. The number of ether oxygens (including phenoxy) is 1. The molecule has 4 aromatic rings. The number of dihydropyridines is 1. The van der Waals surface area contributed by atoms with Crippen molar-refractivity contribution in [2.75, 3.05) is 11.1 Å². The quantitative estimate of drug-likeness (QED) is 0.257. The number of furan rings is 1. The molecule has 1 unspecified atom stereocenters. The van der Waals surface area contributed by atoms with Gasteiger partial charge in [-0.05, 0) is 36.1 Å². The molecule has 1 aliphatic rings. The lowest BCUT2D eigenvalue weighted by molar-refractivity contribution is -0.140. The molecular weight excluding hydrogens is 510 g/mol. The van der Waals surface area contributed by atoms with Gasteiger partial charge in [-0.15, -0.1) is 0 Å². The Morgan fingerprint density at radius 2 is 1.79 bits per heavy atom. The summed E-state index contributed by atoms with van der Waals surface area (Å²) < 4.78 is 11.3. The Morgan fingerprint density at radius 3 is 2.56 bits per heavy atom. The third kappa shape index (κ3) is 5.74. The zero-order chi connectivity index (χ0) is 27.2. The van der Waals surface area contributed by atoms with Crippen LogP contribution in [0.1, 0.15) is 24.2 Å². The fraction of sp³-hybridized carbons (Fsp3) is 0.129. The van der Waals surface area contributed by atoms with E-state index in [1.165, 1.54) is 18.0 Å². The van der Waals surface area contributed by atoms with Crippen LogP contribution in [0.3, 0.4) is 0 Å². The molecule has 0 bridgehead atoms. The van der Waals surface area contributed by atoms with Crippen LogP contribution in [0.25, 0.3) is 10.8 Å². The second kappa shape index (κ2) is 11.8. The number of amides is 1. The van der Waals surface area contributed by atoms with E-state index in [2.05, 4.69) is 16.7 Å². The van der Waals surface area contributed by atoms with Gasteiger partial charge in [0.2, 0.25) is 5.91 Å². The van der Waals surface area contributed by atoms with Crippen LogP contribution < -0.4 is 10.6 Å². The molecule has 7 nitrogen and oxygen atoms in total. The Labute approximate surface area is 230 Å². The van der Waals surface area contributed by atoms with E-state index in [4.69, 9.17) is 9.15 Å². The molecule has 2 heterocycles. The number of benzene rings is 3. The summed E-state index contributed by atoms with van der Waals surface area (Å²) in [5.74, 6) is -1.03. The molecule has 1 atom stereocenters. The number of carbonyl (C=O) groups is 2. The summed E-state index contributed by atoms with van der Waals surface area (Å²) in [4.78, 5) is 26.2. The maximum Gasteiger partial charge on any atom is 0.337 e. The maximum atomic E-state index is 13.3. The molecule has 0 saturated carbocycles. The Kier molecular flexibility index (Phi) is 7.80. The lowest BCUT2D eigenvalue weighted by Crippen LogP contribution is -2.29. The van der Waals surface area contributed by atoms with Gasteiger partial charge in [-0.25, -0.2) is 4.79 Å². The lowest BCUT2D eigenvalue weighted by atomic mass is 9.86. The highest BCUT2D eigenvalue weighted by Gasteiger charge is 2.37. The Hall–Kier alpha value is -4.74. The van der Waals surface area contributed by atoms with Crippen LogP contribution in [-0.4, -0.2) is 17.6 Å². The highest BCUT2D eigenvalue weighted by atomic mass is 32.2. The third-order valence-corrected chi connectivity index (χ3v) is 7.34. The molecule has 0 aliphatic carbocycles. The van der Waals surface area contributed by atoms with Gasteiger partial charge >= 0.3 is 5.97 Å². The lowest BCUT2D eigenvalue weighted by Gasteiger charge is -2.28. The van der Waals surface area contributed by atoms with Gasteiger partial charge in [-0.3, -0.25) is 4.79 Å². The van der Waals surface area contributed by atoms with E-state index in [9.17, 15) is 14.9 Å². The molecule has 1 aliphatic heterocycles. The van der Waals surface area contributed by atoms with Crippen LogP contribution in [0, 0.1) is 11.3 Å². The van der Waals surface area contributed by atoms with E-state index in [0.717, 1.165) is 22.0 Å². The van der Waals surface area contributed by atoms with E-state index in [-0.39, 0.29) is 23.8 Å². The van der Waals surface area contributed by atoms with Crippen molar-refractivity contribution in [3.05, 3.63) is 124 Å². The average Bonchev–Trinajstić information content (AvgIpc) is 3.50. The first-order chi connectivity index (χ1) is 19.0. The summed E-state index contributed by atoms with van der Waals surface area (Å²) in [6.07, 6.45) is 1.50. The van der Waals surface area contributed by atoms with Crippen LogP contribution >= 0.6 is 11.8 Å². The number of nitrogens with one attached hydrogen (secondary N) is 2. The van der Waals surface area contributed by atoms with Crippen LogP contribution in [0.2, 0.25) is 0 Å². The van der Waals surface area contributed by atoms with Gasteiger partial charge in [0.1, 0.15) is 12.4 Å². The minimum Gasteiger partial charge on any atom is -0.468 e. The fourth-order valence-electron chi connectivity index (χ4n) is 4.50. The first kappa shape index (κ1) is 25.9. The molecule has 0 spiro atoms. The number of anilines is 1. The number of thioether (sulfide) groups is 1. The standard InChI is InChI=1S/C31H25N3O4S/c1-20-28(31(36)38-18-21-9-3-2-4-10-21)29(26-15-8-16-37-26)24(17-32)30(33-20)39-19-27(35)34-25-14-7-12-22-11-5-6-13-23(22)25/h2-16,29,33H,18-19H2,1H3,(H,34,35). The van der Waals surface area contributed by atoms with E-state index in [0.29, 0.717) is 22.1 Å². The molecular formula is C31H25N3O4S. The maximum absolute atomic E-state index is 13.3. The van der Waals surface area contributed by atoms with Crippen LogP contribution in [0.5, 0.6) is 0 Å². The van der Waals surface area contributed by atoms with Crippen molar-refractivity contribution in [2.24, 2.45) is 0 Å². The predicted octanol–water partition coefficient (Wildman–Crippen LogP) is 6.24. The largest absolute Gasteiger partial charge is 0.468 e. The van der Waals surface area contributed by atoms with Crippen molar-refractivity contribution < 1.29 is 18.7 Å². The molecule has 0 radical (unpaired) electrons. The van der Waals surface area contributed by atoms with Crippen molar-refractivity contribution >= 4 is 40.1 Å². The summed E-state index contributed by atoms with van der Waals surface area (Å²) in [7, 11) is 0. The summed E-state index contributed by atoms with van der Waals surface area (Å²) in [6, 6.07) is 28.6. The van der Waals surface area contributed by atoms with Crippen molar-refractivity contribution in [2.45, 2.75) is 19.4 Å². The summed E-state index contributed by atoms with van der Waals surface area (Å²) in [5, 5.41) is 18.8. The van der Waals surface area contributed by atoms with Gasteiger partial charge in [0.25, 0.3) is 0 Å². The van der Waals surface area contributed by atoms with Crippen molar-refractivity contribution in [1.82, 2.24) is 5.32 Å². The topological polar surface area (TPSA) is 104 Å². The van der Waals surface area contributed by atoms with Crippen LogP contribution in [-0.2, 0) is 20.9 Å². The number of rotatable bonds is 8. The molecule has 1 amide bonds. The number of carbonyl (C=O) groups excluding carboxylic acids is 2. The summed E-state index contributed by atoms with van der Waals surface area (Å²) in [6.45, 7) is 1.85. The smallest absolute Gasteiger partial charge is 0.337 e. The first-order valence-corrected chi connectivity index (χ1v) is 13.3. The van der Waals surface area contributed by atoms with Gasteiger partial charge in [0.05, 0.1) is 40.2 Å². The Morgan fingerprint density at radius 1 is 1.03 bits per heavy atom. The van der Waals surface area contributed by atoms with Gasteiger partial charge < -0.3 is 19.8 Å². The van der Waals surface area contributed by atoms with Gasteiger partial charge in [0.15, 0.2) is 0 Å². The number of nitriles is 1. The van der Waals surface area contributed by atoms with Gasteiger partial charge in [0, 0.05) is 16.8 Å². The predicted molar refractivity (Wildman–Crippen MR) is 151 cm³/mol. The van der Waals surface area contributed by atoms with E-state index in [1.54, 1.807) is 19.1 Å². The van der Waals surface area contributed by atoms with Gasteiger partial charge in [-0.1, -0.05) is 78.5 Å². The highest BCUT2D eigenvalue weighted by molar-refractivity contribution is 8.03. The third-order valence-electron chi connectivity index (χ3n) is 6.32. The molecule has 0 fully saturated rings. The van der Waals surface area contributed by atoms with Gasteiger partial charge in [-0.2, -0.15) is 5.26 Å². The summed E-state index contributed by atoms with van der Waals surface area (Å²) >= 11 is 1.20.